The van der Waals surface area contributed by atoms with Gasteiger partial charge in [0.2, 0.25) is 17.7 Å². The minimum absolute atomic E-state index is 0.0595. The van der Waals surface area contributed by atoms with Crippen LogP contribution in [0.25, 0.3) is 0 Å². The maximum absolute atomic E-state index is 14.0. The second-order valence-electron chi connectivity index (χ2n) is 10.8. The van der Waals surface area contributed by atoms with E-state index in [1.807, 2.05) is 6.92 Å². The quantitative estimate of drug-likeness (QED) is 0.370. The number of likely N-dealkylation sites (tertiary alicyclic amines) is 1. The summed E-state index contributed by atoms with van der Waals surface area (Å²) in [6, 6.07) is -1.10. The zero-order valence-electron chi connectivity index (χ0n) is 21.3. The molecule has 0 saturated carbocycles. The van der Waals surface area contributed by atoms with Gasteiger partial charge < -0.3 is 25.4 Å². The summed E-state index contributed by atoms with van der Waals surface area (Å²) in [4.78, 5) is 44.9. The topological polar surface area (TPSA) is 111 Å². The van der Waals surface area contributed by atoms with E-state index >= 15 is 0 Å². The predicted octanol–water partition coefficient (Wildman–Crippen LogP) is 0.459. The SMILES string of the molecule is CCCNC(=O)[C@@H]1[C@@H]2CCC3(S2)C(C(=O)NCCN2CCOCC2)N([C@@H](CO)CC(C)C)C(=O)[C@H]13. The molecule has 0 aromatic rings. The predicted molar refractivity (Wildman–Crippen MR) is 135 cm³/mol. The Morgan fingerprint density at radius 3 is 2.57 bits per heavy atom. The first kappa shape index (κ1) is 26.7. The molecular formula is C25H42N4O5S. The molecule has 0 radical (unpaired) electrons. The number of aliphatic hydroxyl groups is 1. The summed E-state index contributed by atoms with van der Waals surface area (Å²) < 4.78 is 4.80. The van der Waals surface area contributed by atoms with Crippen molar-refractivity contribution >= 4 is 29.5 Å². The van der Waals surface area contributed by atoms with Crippen molar-refractivity contribution < 1.29 is 24.2 Å². The molecule has 0 aromatic carbocycles. The fourth-order valence-corrected chi connectivity index (χ4v) is 8.73. The van der Waals surface area contributed by atoms with E-state index in [-0.39, 0.29) is 35.5 Å². The molecule has 3 amide bonds. The van der Waals surface area contributed by atoms with Crippen LogP contribution in [0.15, 0.2) is 0 Å². The molecule has 4 rings (SSSR count). The van der Waals surface area contributed by atoms with Crippen molar-refractivity contribution in [2.75, 3.05) is 52.5 Å². The molecule has 2 bridgehead atoms. The summed E-state index contributed by atoms with van der Waals surface area (Å²) in [7, 11) is 0. The average molecular weight is 511 g/mol. The van der Waals surface area contributed by atoms with Crippen LogP contribution < -0.4 is 10.6 Å². The summed E-state index contributed by atoms with van der Waals surface area (Å²) in [5, 5.41) is 16.5. The largest absolute Gasteiger partial charge is 0.394 e. The van der Waals surface area contributed by atoms with E-state index in [0.29, 0.717) is 32.7 Å². The Morgan fingerprint density at radius 2 is 1.91 bits per heavy atom. The molecule has 35 heavy (non-hydrogen) atoms. The molecular weight excluding hydrogens is 468 g/mol. The zero-order valence-corrected chi connectivity index (χ0v) is 22.1. The van der Waals surface area contributed by atoms with Crippen LogP contribution in [-0.2, 0) is 19.1 Å². The zero-order chi connectivity index (χ0) is 25.2. The Morgan fingerprint density at radius 1 is 1.20 bits per heavy atom. The number of thioether (sulfide) groups is 1. The van der Waals surface area contributed by atoms with Gasteiger partial charge in [-0.05, 0) is 31.6 Å². The molecule has 4 aliphatic heterocycles. The van der Waals surface area contributed by atoms with Gasteiger partial charge in [-0.3, -0.25) is 19.3 Å². The Bertz CT molecular complexity index is 792. The molecule has 6 atom stereocenters. The second kappa shape index (κ2) is 11.4. The highest BCUT2D eigenvalue weighted by Gasteiger charge is 2.74. The van der Waals surface area contributed by atoms with Crippen molar-refractivity contribution in [2.45, 2.75) is 68.5 Å². The molecule has 4 fully saturated rings. The lowest BCUT2D eigenvalue weighted by atomic mass is 9.70. The van der Waals surface area contributed by atoms with E-state index < -0.39 is 28.7 Å². The van der Waals surface area contributed by atoms with Crippen molar-refractivity contribution in [3.05, 3.63) is 0 Å². The maximum atomic E-state index is 14.0. The van der Waals surface area contributed by atoms with Gasteiger partial charge >= 0.3 is 0 Å². The number of morpholine rings is 1. The molecule has 0 aliphatic carbocycles. The number of fused-ring (bicyclic) bond motifs is 1. The molecule has 3 N–H and O–H groups in total. The lowest BCUT2D eigenvalue weighted by Crippen LogP contribution is -2.57. The monoisotopic (exact) mass is 510 g/mol. The van der Waals surface area contributed by atoms with Gasteiger partial charge in [0.25, 0.3) is 0 Å². The third-order valence-electron chi connectivity index (χ3n) is 8.02. The van der Waals surface area contributed by atoms with Crippen LogP contribution in [0.5, 0.6) is 0 Å². The van der Waals surface area contributed by atoms with E-state index in [2.05, 4.69) is 29.4 Å². The van der Waals surface area contributed by atoms with Gasteiger partial charge in [-0.2, -0.15) is 0 Å². The first-order valence-electron chi connectivity index (χ1n) is 13.3. The maximum Gasteiger partial charge on any atom is 0.244 e. The van der Waals surface area contributed by atoms with E-state index in [0.717, 1.165) is 38.9 Å². The van der Waals surface area contributed by atoms with Gasteiger partial charge in [0.15, 0.2) is 0 Å². The molecule has 9 nitrogen and oxygen atoms in total. The lowest BCUT2D eigenvalue weighted by molar-refractivity contribution is -0.143. The lowest BCUT2D eigenvalue weighted by Gasteiger charge is -2.37. The van der Waals surface area contributed by atoms with Crippen LogP contribution in [-0.4, -0.2) is 107 Å². The minimum Gasteiger partial charge on any atom is -0.394 e. The first-order chi connectivity index (χ1) is 16.8. The van der Waals surface area contributed by atoms with E-state index in [1.165, 1.54) is 0 Å². The Labute approximate surface area is 213 Å². The highest BCUT2D eigenvalue weighted by atomic mass is 32.2. The van der Waals surface area contributed by atoms with Gasteiger partial charge in [0.1, 0.15) is 6.04 Å². The minimum atomic E-state index is -0.667. The van der Waals surface area contributed by atoms with Crippen LogP contribution in [0.4, 0.5) is 0 Å². The number of carbonyl (C=O) groups is 3. The molecule has 2 unspecified atom stereocenters. The van der Waals surface area contributed by atoms with E-state index in [9.17, 15) is 19.5 Å². The fraction of sp³-hybridized carbons (Fsp3) is 0.880. The second-order valence-corrected chi connectivity index (χ2v) is 12.4. The van der Waals surface area contributed by atoms with Crippen molar-refractivity contribution in [2.24, 2.45) is 17.8 Å². The van der Waals surface area contributed by atoms with Crippen molar-refractivity contribution in [3.63, 3.8) is 0 Å². The molecule has 198 valence electrons. The number of amides is 3. The Balaban J connectivity index is 1.58. The summed E-state index contributed by atoms with van der Waals surface area (Å²) in [6.07, 6.45) is 3.02. The molecule has 1 spiro atoms. The summed E-state index contributed by atoms with van der Waals surface area (Å²) in [5.74, 6) is -1.03. The summed E-state index contributed by atoms with van der Waals surface area (Å²) >= 11 is 1.68. The number of ether oxygens (including phenoxy) is 1. The van der Waals surface area contributed by atoms with Gasteiger partial charge in [-0.1, -0.05) is 20.8 Å². The highest BCUT2D eigenvalue weighted by Crippen LogP contribution is 2.66. The number of rotatable bonds is 11. The van der Waals surface area contributed by atoms with Gasteiger partial charge in [0.05, 0.1) is 42.4 Å². The third-order valence-corrected chi connectivity index (χ3v) is 9.97. The van der Waals surface area contributed by atoms with Crippen LogP contribution in [0.2, 0.25) is 0 Å². The third kappa shape index (κ3) is 5.08. The number of nitrogens with zero attached hydrogens (tertiary/aromatic N) is 2. The van der Waals surface area contributed by atoms with Crippen molar-refractivity contribution in [3.8, 4) is 0 Å². The molecule has 4 heterocycles. The number of carbonyl (C=O) groups excluding carboxylic acids is 3. The van der Waals surface area contributed by atoms with Gasteiger partial charge in [-0.15, -0.1) is 11.8 Å². The molecule has 10 heteroatoms. The fourth-order valence-electron chi connectivity index (χ4n) is 6.53. The highest BCUT2D eigenvalue weighted by molar-refractivity contribution is 8.02. The Kier molecular flexibility index (Phi) is 8.66. The van der Waals surface area contributed by atoms with Crippen molar-refractivity contribution in [1.82, 2.24) is 20.4 Å². The number of aliphatic hydroxyl groups excluding tert-OH is 1. The summed E-state index contributed by atoms with van der Waals surface area (Å²) in [5.41, 5.74) is 0. The number of hydrogen-bond acceptors (Lipinski definition) is 7. The van der Waals surface area contributed by atoms with Gasteiger partial charge in [0, 0.05) is 38.0 Å². The van der Waals surface area contributed by atoms with Crippen LogP contribution >= 0.6 is 11.8 Å². The number of hydrogen-bond donors (Lipinski definition) is 3. The first-order valence-corrected chi connectivity index (χ1v) is 14.2. The molecule has 4 saturated heterocycles. The number of nitrogens with one attached hydrogen (secondary N) is 2. The van der Waals surface area contributed by atoms with E-state index in [4.69, 9.17) is 4.74 Å². The smallest absolute Gasteiger partial charge is 0.244 e. The summed E-state index contributed by atoms with van der Waals surface area (Å²) in [6.45, 7) is 10.9. The normalized spacial score (nSPS) is 33.3. The van der Waals surface area contributed by atoms with Crippen LogP contribution in [0.1, 0.15) is 46.5 Å². The molecule has 0 aromatic heterocycles. The van der Waals surface area contributed by atoms with Crippen molar-refractivity contribution in [1.29, 1.82) is 0 Å². The van der Waals surface area contributed by atoms with Crippen LogP contribution in [0.3, 0.4) is 0 Å². The van der Waals surface area contributed by atoms with Crippen LogP contribution in [0, 0.1) is 17.8 Å². The van der Waals surface area contributed by atoms with E-state index in [1.54, 1.807) is 16.7 Å². The molecule has 4 aliphatic rings. The van der Waals surface area contributed by atoms with Gasteiger partial charge in [-0.25, -0.2) is 0 Å². The Hall–Kier alpha value is -1.36. The average Bonchev–Trinajstić information content (AvgIpc) is 3.49. The standard InChI is InChI=1S/C25H42N4O5S/c1-4-7-26-22(31)19-18-5-6-25(35-18)20(19)24(33)29(17(15-30)14-16(2)3)21(25)23(32)27-8-9-28-10-12-34-13-11-28/h16-21,30H,4-15H2,1-3H3,(H,26,31)(H,27,32)/t17-,18+,19-,20+,21?,25?/m1/s1.